The number of allylic oxidation sites excluding steroid dienone is 3. The molecule has 2 rings (SSSR count). The topological polar surface area (TPSA) is 72.0 Å². The van der Waals surface area contributed by atoms with Crippen LogP contribution in [0, 0.1) is 5.82 Å². The van der Waals surface area contributed by atoms with Gasteiger partial charge in [0.25, 0.3) is 0 Å². The van der Waals surface area contributed by atoms with E-state index in [0.29, 0.717) is 11.5 Å². The van der Waals surface area contributed by atoms with Gasteiger partial charge in [-0.05, 0) is 57.5 Å². The Morgan fingerprint density at radius 3 is 2.66 bits per heavy atom. The molecule has 0 saturated heterocycles. The molecule has 0 bridgehead atoms. The summed E-state index contributed by atoms with van der Waals surface area (Å²) in [7, 11) is 0. The van der Waals surface area contributed by atoms with E-state index in [1.807, 2.05) is 20.8 Å². The van der Waals surface area contributed by atoms with Crippen molar-refractivity contribution in [1.82, 2.24) is 0 Å². The zero-order valence-electron chi connectivity index (χ0n) is 16.6. The maximum absolute atomic E-state index is 14.6. The van der Waals surface area contributed by atoms with E-state index in [2.05, 4.69) is 15.3 Å². The van der Waals surface area contributed by atoms with E-state index >= 15 is 0 Å². The Hall–Kier alpha value is -2.68. The van der Waals surface area contributed by atoms with Crippen LogP contribution in [0.2, 0.25) is 0 Å². The van der Waals surface area contributed by atoms with E-state index in [1.54, 1.807) is 18.4 Å². The van der Waals surface area contributed by atoms with Gasteiger partial charge in [0, 0.05) is 17.5 Å². The summed E-state index contributed by atoms with van der Waals surface area (Å²) in [5.74, 6) is -0.488. The van der Waals surface area contributed by atoms with Gasteiger partial charge in [-0.3, -0.25) is 4.99 Å². The summed E-state index contributed by atoms with van der Waals surface area (Å²) < 4.78 is 60.2. The number of nitrogens with zero attached hydrogens (tertiary/aromatic N) is 2. The van der Waals surface area contributed by atoms with Crippen LogP contribution in [0.1, 0.15) is 33.3 Å². The van der Waals surface area contributed by atoms with E-state index in [9.17, 15) is 17.6 Å². The second-order valence-corrected chi connectivity index (χ2v) is 6.96. The number of amidine groups is 1. The molecule has 9 heteroatoms. The Bertz CT molecular complexity index is 870. The third-order valence-electron chi connectivity index (χ3n) is 4.31. The molecule has 0 spiro atoms. The van der Waals surface area contributed by atoms with Gasteiger partial charge >= 0.3 is 6.18 Å². The molecule has 0 saturated carbocycles. The van der Waals surface area contributed by atoms with Crippen LogP contribution < -0.4 is 11.1 Å². The van der Waals surface area contributed by atoms with Crippen LogP contribution in [0.15, 0.2) is 51.7 Å². The first-order chi connectivity index (χ1) is 13.5. The number of rotatable bonds is 5. The number of halogens is 4. The van der Waals surface area contributed by atoms with Crippen molar-refractivity contribution in [2.24, 2.45) is 15.7 Å². The lowest BCUT2D eigenvalue weighted by atomic mass is 9.84. The van der Waals surface area contributed by atoms with Crippen molar-refractivity contribution in [3.05, 3.63) is 53.1 Å². The molecule has 1 heterocycles. The van der Waals surface area contributed by atoms with Crippen molar-refractivity contribution in [3.8, 4) is 0 Å². The molecule has 0 aromatic heterocycles. The lowest BCUT2D eigenvalue weighted by Crippen LogP contribution is -2.53. The minimum Gasteiger partial charge on any atom is -0.386 e. The highest BCUT2D eigenvalue weighted by atomic mass is 19.4. The third kappa shape index (κ3) is 5.23. The Labute approximate surface area is 167 Å². The van der Waals surface area contributed by atoms with Gasteiger partial charge in [-0.25, -0.2) is 9.38 Å². The van der Waals surface area contributed by atoms with Crippen LogP contribution >= 0.6 is 0 Å². The van der Waals surface area contributed by atoms with Gasteiger partial charge in [0.1, 0.15) is 29.6 Å². The first-order valence-electron chi connectivity index (χ1n) is 8.91. The summed E-state index contributed by atoms with van der Waals surface area (Å²) in [6.45, 7) is 6.16. The van der Waals surface area contributed by atoms with Crippen molar-refractivity contribution in [3.63, 3.8) is 0 Å². The number of ether oxygens (including phenoxy) is 1. The summed E-state index contributed by atoms with van der Waals surface area (Å²) in [5.41, 5.74) is 4.46. The van der Waals surface area contributed by atoms with Crippen molar-refractivity contribution in [2.75, 3.05) is 11.9 Å². The van der Waals surface area contributed by atoms with Crippen molar-refractivity contribution >= 4 is 17.7 Å². The monoisotopic (exact) mass is 412 g/mol. The summed E-state index contributed by atoms with van der Waals surface area (Å²) in [6.07, 6.45) is -1.99. The highest BCUT2D eigenvalue weighted by Crippen LogP contribution is 2.43. The molecule has 0 radical (unpaired) electrons. The van der Waals surface area contributed by atoms with E-state index in [4.69, 9.17) is 10.5 Å². The number of aliphatic imine (C=N–C) groups is 2. The minimum absolute atomic E-state index is 0.133. The molecule has 5 nitrogen and oxygen atoms in total. The van der Waals surface area contributed by atoms with Crippen molar-refractivity contribution < 1.29 is 22.3 Å². The molecule has 1 aromatic rings. The molecule has 2 atom stereocenters. The Morgan fingerprint density at radius 1 is 1.38 bits per heavy atom. The fourth-order valence-corrected chi connectivity index (χ4v) is 2.95. The molecule has 1 aromatic carbocycles. The fraction of sp³-hybridized carbons (Fsp3) is 0.400. The number of hydrogen-bond acceptors (Lipinski definition) is 5. The number of anilines is 1. The number of hydrogen-bond donors (Lipinski definition) is 2. The van der Waals surface area contributed by atoms with Crippen LogP contribution in [0.4, 0.5) is 23.2 Å². The molecule has 1 aliphatic heterocycles. The Kier molecular flexibility index (Phi) is 6.84. The third-order valence-corrected chi connectivity index (χ3v) is 4.31. The molecular weight excluding hydrogens is 388 g/mol. The van der Waals surface area contributed by atoms with E-state index in [0.717, 1.165) is 18.6 Å². The summed E-state index contributed by atoms with van der Waals surface area (Å²) >= 11 is 0. The fourth-order valence-electron chi connectivity index (χ4n) is 2.95. The van der Waals surface area contributed by atoms with Gasteiger partial charge in [0.05, 0.1) is 0 Å². The largest absolute Gasteiger partial charge is 0.417 e. The molecule has 2 unspecified atom stereocenters. The van der Waals surface area contributed by atoms with Gasteiger partial charge in [-0.1, -0.05) is 6.08 Å². The predicted octanol–water partition coefficient (Wildman–Crippen LogP) is 4.67. The summed E-state index contributed by atoms with van der Waals surface area (Å²) in [6, 6.07) is 3.76. The highest BCUT2D eigenvalue weighted by molar-refractivity contribution is 5.83. The SMILES string of the molecule is C/C=C\C=N/C(Nc1ccc(F)c(C2(C)N=C(N)COC2C(F)(F)F)c1)=C(C)C. The quantitative estimate of drug-likeness (QED) is 0.545. The zero-order chi connectivity index (χ0) is 21.8. The lowest BCUT2D eigenvalue weighted by Gasteiger charge is -2.39. The molecular formula is C20H24F4N4O. The summed E-state index contributed by atoms with van der Waals surface area (Å²) in [5, 5.41) is 3.01. The van der Waals surface area contributed by atoms with E-state index < -0.39 is 30.2 Å². The van der Waals surface area contributed by atoms with Crippen LogP contribution in [-0.4, -0.2) is 30.9 Å². The smallest absolute Gasteiger partial charge is 0.386 e. The number of benzene rings is 1. The molecule has 29 heavy (non-hydrogen) atoms. The second-order valence-electron chi connectivity index (χ2n) is 6.96. The van der Waals surface area contributed by atoms with Gasteiger partial charge in [-0.15, -0.1) is 0 Å². The first-order valence-corrected chi connectivity index (χ1v) is 8.91. The van der Waals surface area contributed by atoms with Crippen LogP contribution in [-0.2, 0) is 10.3 Å². The standard InChI is InChI=1S/C20H24F4N4O/c1-5-6-9-26-17(12(2)3)27-13-7-8-15(21)14(10-13)19(4)18(20(22,23)24)29-11-16(25)28-19/h5-10,18,27H,11H2,1-4H3,(H2,25,28)/b6-5-,26-9-. The zero-order valence-corrected chi connectivity index (χ0v) is 16.6. The van der Waals surface area contributed by atoms with Crippen LogP contribution in [0.25, 0.3) is 0 Å². The predicted molar refractivity (Wildman–Crippen MR) is 106 cm³/mol. The lowest BCUT2D eigenvalue weighted by molar-refractivity contribution is -0.238. The Morgan fingerprint density at radius 2 is 2.07 bits per heavy atom. The molecule has 3 N–H and O–H groups in total. The van der Waals surface area contributed by atoms with Gasteiger partial charge in [0.15, 0.2) is 6.10 Å². The van der Waals surface area contributed by atoms with Gasteiger partial charge in [-0.2, -0.15) is 13.2 Å². The molecule has 0 aliphatic carbocycles. The first kappa shape index (κ1) is 22.6. The molecule has 1 aliphatic rings. The second kappa shape index (κ2) is 8.77. The van der Waals surface area contributed by atoms with Gasteiger partial charge in [0.2, 0.25) is 0 Å². The van der Waals surface area contributed by atoms with Crippen molar-refractivity contribution in [2.45, 2.75) is 45.5 Å². The van der Waals surface area contributed by atoms with Crippen LogP contribution in [0.3, 0.4) is 0 Å². The number of nitrogens with two attached hydrogens (primary N) is 1. The Balaban J connectivity index is 2.51. The highest BCUT2D eigenvalue weighted by Gasteiger charge is 2.56. The number of nitrogens with one attached hydrogen (secondary N) is 1. The van der Waals surface area contributed by atoms with Gasteiger partial charge < -0.3 is 15.8 Å². The van der Waals surface area contributed by atoms with E-state index in [-0.39, 0.29) is 11.4 Å². The maximum atomic E-state index is 14.6. The average Bonchev–Trinajstić information content (AvgIpc) is 2.61. The molecule has 158 valence electrons. The normalized spacial score (nSPS) is 22.8. The number of alkyl halides is 3. The van der Waals surface area contributed by atoms with E-state index in [1.165, 1.54) is 12.1 Å². The average molecular weight is 412 g/mol. The van der Waals surface area contributed by atoms with Crippen molar-refractivity contribution in [1.29, 1.82) is 0 Å². The maximum Gasteiger partial charge on any atom is 0.417 e. The minimum atomic E-state index is -4.75. The molecule has 0 fully saturated rings. The summed E-state index contributed by atoms with van der Waals surface area (Å²) in [4.78, 5) is 8.21. The van der Waals surface area contributed by atoms with Crippen LogP contribution in [0.5, 0.6) is 0 Å². The molecule has 0 amide bonds.